The molecule has 1 aromatic carbocycles. The summed E-state index contributed by atoms with van der Waals surface area (Å²) in [5.74, 6) is 1.00. The van der Waals surface area contributed by atoms with Crippen molar-refractivity contribution < 1.29 is 4.74 Å². The number of rotatable bonds is 3. The Balaban J connectivity index is 2.48. The fraction of sp³-hybridized carbons (Fsp3) is 0.0833. The fourth-order valence-corrected chi connectivity index (χ4v) is 1.90. The number of para-hydroxylation sites is 1. The van der Waals surface area contributed by atoms with Crippen LogP contribution in [0.3, 0.4) is 0 Å². The largest absolute Gasteiger partial charge is 0.495 e. The first-order chi connectivity index (χ1) is 9.15. The van der Waals surface area contributed by atoms with Crippen LogP contribution in [0.25, 0.3) is 0 Å². The lowest BCUT2D eigenvalue weighted by Gasteiger charge is -2.12. The van der Waals surface area contributed by atoms with Gasteiger partial charge in [0.1, 0.15) is 23.3 Å². The van der Waals surface area contributed by atoms with Gasteiger partial charge < -0.3 is 10.1 Å². The van der Waals surface area contributed by atoms with Crippen molar-refractivity contribution >= 4 is 39.0 Å². The maximum Gasteiger partial charge on any atom is 0.224 e. The first kappa shape index (κ1) is 13.6. The van der Waals surface area contributed by atoms with Crippen LogP contribution in [0.5, 0.6) is 5.75 Å². The number of halogens is 2. The molecule has 1 N–H and O–H groups in total. The van der Waals surface area contributed by atoms with Crippen molar-refractivity contribution in [2.24, 2.45) is 0 Å². The van der Waals surface area contributed by atoms with Crippen LogP contribution >= 0.6 is 27.5 Å². The molecule has 0 aliphatic rings. The Morgan fingerprint density at radius 1 is 1.47 bits per heavy atom. The summed E-state index contributed by atoms with van der Waals surface area (Å²) in [5, 5.41) is 12.3. The van der Waals surface area contributed by atoms with E-state index in [4.69, 9.17) is 21.6 Å². The summed E-state index contributed by atoms with van der Waals surface area (Å²) in [6, 6.07) is 7.26. The molecular formula is C12H8BrClN4O. The Bertz CT molecular complexity index is 657. The number of hydrogen-bond donors (Lipinski definition) is 1. The maximum atomic E-state index is 9.12. The van der Waals surface area contributed by atoms with Gasteiger partial charge in [0, 0.05) is 6.20 Å². The second kappa shape index (κ2) is 5.87. The molecule has 1 heterocycles. The molecule has 0 radical (unpaired) electrons. The third-order valence-electron chi connectivity index (χ3n) is 2.32. The SMILES string of the molecule is COc1cccc(C#N)c1Nc1nc(Cl)ncc1Br. The zero-order chi connectivity index (χ0) is 13.8. The Labute approximate surface area is 123 Å². The molecule has 0 saturated heterocycles. The van der Waals surface area contributed by atoms with Gasteiger partial charge in [0.2, 0.25) is 5.28 Å². The number of nitrogens with zero attached hydrogens (tertiary/aromatic N) is 3. The van der Waals surface area contributed by atoms with Crippen molar-refractivity contribution in [2.45, 2.75) is 0 Å². The van der Waals surface area contributed by atoms with Gasteiger partial charge in [-0.25, -0.2) is 4.98 Å². The van der Waals surface area contributed by atoms with Gasteiger partial charge in [-0.1, -0.05) is 6.07 Å². The molecule has 96 valence electrons. The number of ether oxygens (including phenoxy) is 1. The zero-order valence-electron chi connectivity index (χ0n) is 9.82. The minimum absolute atomic E-state index is 0.110. The van der Waals surface area contributed by atoms with Crippen molar-refractivity contribution in [1.82, 2.24) is 9.97 Å². The van der Waals surface area contributed by atoms with Crippen molar-refractivity contribution in [3.05, 3.63) is 39.7 Å². The molecule has 0 unspecified atom stereocenters. The van der Waals surface area contributed by atoms with E-state index in [1.807, 2.05) is 0 Å². The average Bonchev–Trinajstić information content (AvgIpc) is 2.43. The lowest BCUT2D eigenvalue weighted by atomic mass is 10.2. The highest BCUT2D eigenvalue weighted by Crippen LogP contribution is 2.32. The average molecular weight is 340 g/mol. The first-order valence-corrected chi connectivity index (χ1v) is 6.35. The molecule has 0 fully saturated rings. The third-order valence-corrected chi connectivity index (χ3v) is 3.09. The minimum Gasteiger partial charge on any atom is -0.495 e. The monoisotopic (exact) mass is 338 g/mol. The van der Waals surface area contributed by atoms with Gasteiger partial charge in [-0.15, -0.1) is 0 Å². The summed E-state index contributed by atoms with van der Waals surface area (Å²) in [4.78, 5) is 7.89. The van der Waals surface area contributed by atoms with E-state index in [0.29, 0.717) is 27.3 Å². The summed E-state index contributed by atoms with van der Waals surface area (Å²) in [6.45, 7) is 0. The van der Waals surface area contributed by atoms with Gasteiger partial charge >= 0.3 is 0 Å². The second-order valence-electron chi connectivity index (χ2n) is 3.46. The molecule has 0 amide bonds. The predicted molar refractivity (Wildman–Crippen MR) is 75.7 cm³/mol. The lowest BCUT2D eigenvalue weighted by molar-refractivity contribution is 0.416. The van der Waals surface area contributed by atoms with Crippen LogP contribution in [-0.2, 0) is 0 Å². The molecule has 0 aliphatic heterocycles. The zero-order valence-corrected chi connectivity index (χ0v) is 12.2. The third kappa shape index (κ3) is 2.95. The van der Waals surface area contributed by atoms with Gasteiger partial charge in [0.15, 0.2) is 0 Å². The molecule has 7 heteroatoms. The van der Waals surface area contributed by atoms with E-state index >= 15 is 0 Å². The molecule has 0 atom stereocenters. The maximum absolute atomic E-state index is 9.12. The molecule has 1 aromatic heterocycles. The Morgan fingerprint density at radius 3 is 2.95 bits per heavy atom. The number of methoxy groups -OCH3 is 1. The van der Waals surface area contributed by atoms with Crippen molar-refractivity contribution in [3.8, 4) is 11.8 Å². The summed E-state index contributed by atoms with van der Waals surface area (Å²) in [7, 11) is 1.53. The fourth-order valence-electron chi connectivity index (χ4n) is 1.48. The second-order valence-corrected chi connectivity index (χ2v) is 4.65. The molecule has 5 nitrogen and oxygen atoms in total. The molecule has 2 aromatic rings. The van der Waals surface area contributed by atoms with Crippen molar-refractivity contribution in [1.29, 1.82) is 5.26 Å². The van der Waals surface area contributed by atoms with Crippen molar-refractivity contribution in [3.63, 3.8) is 0 Å². The molecule has 0 aliphatic carbocycles. The summed E-state index contributed by atoms with van der Waals surface area (Å²) in [5.41, 5.74) is 0.976. The normalized spacial score (nSPS) is 9.79. The molecule has 0 spiro atoms. The number of nitrogens with one attached hydrogen (secondary N) is 1. The molecular weight excluding hydrogens is 332 g/mol. The van der Waals surface area contributed by atoms with Crippen LogP contribution < -0.4 is 10.1 Å². The highest BCUT2D eigenvalue weighted by molar-refractivity contribution is 9.10. The minimum atomic E-state index is 0.110. The molecule has 2 rings (SSSR count). The molecule has 0 bridgehead atoms. The summed E-state index contributed by atoms with van der Waals surface area (Å²) < 4.78 is 5.86. The summed E-state index contributed by atoms with van der Waals surface area (Å²) >= 11 is 9.06. The van der Waals surface area contributed by atoms with E-state index in [1.54, 1.807) is 18.2 Å². The number of hydrogen-bond acceptors (Lipinski definition) is 5. The van der Waals surface area contributed by atoms with Gasteiger partial charge in [0.25, 0.3) is 0 Å². The highest BCUT2D eigenvalue weighted by Gasteiger charge is 2.12. The lowest BCUT2D eigenvalue weighted by Crippen LogP contribution is -2.01. The van der Waals surface area contributed by atoms with E-state index in [9.17, 15) is 0 Å². The topological polar surface area (TPSA) is 70.8 Å². The van der Waals surface area contributed by atoms with Gasteiger partial charge in [-0.3, -0.25) is 0 Å². The number of anilines is 2. The predicted octanol–water partition coefficient (Wildman–Crippen LogP) is 3.52. The Morgan fingerprint density at radius 2 is 2.26 bits per heavy atom. The van der Waals surface area contributed by atoms with Crippen LogP contribution in [0, 0.1) is 11.3 Å². The Kier molecular flexibility index (Phi) is 4.20. The van der Waals surface area contributed by atoms with E-state index in [1.165, 1.54) is 13.3 Å². The van der Waals surface area contributed by atoms with Gasteiger partial charge in [-0.2, -0.15) is 10.2 Å². The van der Waals surface area contributed by atoms with Gasteiger partial charge in [-0.05, 0) is 39.7 Å². The Hall–Kier alpha value is -1.84. The van der Waals surface area contributed by atoms with E-state index in [-0.39, 0.29) is 5.28 Å². The van der Waals surface area contributed by atoms with Crippen LogP contribution in [0.15, 0.2) is 28.9 Å². The smallest absolute Gasteiger partial charge is 0.224 e. The number of nitriles is 1. The standard InChI is InChI=1S/C12H8BrClN4O/c1-19-9-4-2-3-7(5-15)10(9)17-11-8(13)6-16-12(14)18-11/h2-4,6H,1H3,(H,16,17,18). The number of benzene rings is 1. The van der Waals surface area contributed by atoms with E-state index < -0.39 is 0 Å². The van der Waals surface area contributed by atoms with Crippen LogP contribution in [0.4, 0.5) is 11.5 Å². The van der Waals surface area contributed by atoms with Crippen LogP contribution in [-0.4, -0.2) is 17.1 Å². The van der Waals surface area contributed by atoms with Crippen LogP contribution in [0.1, 0.15) is 5.56 Å². The van der Waals surface area contributed by atoms with E-state index in [0.717, 1.165) is 0 Å². The van der Waals surface area contributed by atoms with E-state index in [2.05, 4.69) is 37.3 Å². The van der Waals surface area contributed by atoms with Crippen LogP contribution in [0.2, 0.25) is 5.28 Å². The quantitative estimate of drug-likeness (QED) is 0.866. The molecule has 19 heavy (non-hydrogen) atoms. The van der Waals surface area contributed by atoms with Crippen molar-refractivity contribution in [2.75, 3.05) is 12.4 Å². The van der Waals surface area contributed by atoms with Gasteiger partial charge in [0.05, 0.1) is 17.1 Å². The first-order valence-electron chi connectivity index (χ1n) is 5.18. The number of aromatic nitrogens is 2. The highest BCUT2D eigenvalue weighted by atomic mass is 79.9. The summed E-state index contributed by atoms with van der Waals surface area (Å²) in [6.07, 6.45) is 1.53. The molecule has 0 saturated carbocycles.